The molecule has 0 aliphatic carbocycles. The minimum Gasteiger partial charge on any atom is -0.453 e. The van der Waals surface area contributed by atoms with Crippen molar-refractivity contribution in [2.24, 2.45) is 0 Å². The summed E-state index contributed by atoms with van der Waals surface area (Å²) in [5.41, 5.74) is 1.35. The molecule has 6 heteroatoms. The summed E-state index contributed by atoms with van der Waals surface area (Å²) in [4.78, 5) is 35.7. The summed E-state index contributed by atoms with van der Waals surface area (Å²) in [6.45, 7) is 1.55. The van der Waals surface area contributed by atoms with E-state index in [0.717, 1.165) is 15.6 Å². The lowest BCUT2D eigenvalue weighted by Gasteiger charge is -2.05. The molecule has 0 unspecified atom stereocenters. The van der Waals surface area contributed by atoms with Gasteiger partial charge in [0.15, 0.2) is 12.4 Å². The van der Waals surface area contributed by atoms with Gasteiger partial charge in [0, 0.05) is 23.7 Å². The van der Waals surface area contributed by atoms with Gasteiger partial charge in [0.1, 0.15) is 4.88 Å². The summed E-state index contributed by atoms with van der Waals surface area (Å²) in [6, 6.07) is 16.3. The Morgan fingerprint density at radius 3 is 2.46 bits per heavy atom. The Kier molecular flexibility index (Phi) is 5.43. The molecule has 1 N–H and O–H groups in total. The van der Waals surface area contributed by atoms with Crippen molar-refractivity contribution in [2.45, 2.75) is 13.5 Å². The summed E-state index contributed by atoms with van der Waals surface area (Å²) in [5.74, 6) is -0.884. The van der Waals surface area contributed by atoms with Gasteiger partial charge in [-0.05, 0) is 23.1 Å². The van der Waals surface area contributed by atoms with Gasteiger partial charge in [0.05, 0.1) is 0 Å². The molecule has 3 aromatic rings. The van der Waals surface area contributed by atoms with Crippen molar-refractivity contribution in [1.82, 2.24) is 5.32 Å². The number of amides is 1. The number of Topliss-reactive ketones (excluding diaryl/α,β-unsaturated/α-hetero) is 1. The second-order valence-corrected chi connectivity index (χ2v) is 6.84. The molecule has 2 aromatic carbocycles. The summed E-state index contributed by atoms with van der Waals surface area (Å²) >= 11 is 1.34. The van der Waals surface area contributed by atoms with Crippen LogP contribution < -0.4 is 5.32 Å². The summed E-state index contributed by atoms with van der Waals surface area (Å²) in [6.07, 6.45) is 0. The van der Waals surface area contributed by atoms with Crippen molar-refractivity contribution < 1.29 is 19.1 Å². The standard InChI is InChI=1S/C20H17NO4S/c1-13(22)21-11-14-6-8-15(9-7-14)17(23)12-25-20(24)19-10-16-4-2-3-5-18(16)26-19/h2-10H,11-12H2,1H3,(H,21,22). The molecule has 5 nitrogen and oxygen atoms in total. The predicted molar refractivity (Wildman–Crippen MR) is 100 cm³/mol. The monoisotopic (exact) mass is 367 g/mol. The van der Waals surface area contributed by atoms with Crippen LogP contribution >= 0.6 is 11.3 Å². The van der Waals surface area contributed by atoms with Crippen molar-refractivity contribution in [3.63, 3.8) is 0 Å². The first-order valence-corrected chi connectivity index (χ1v) is 8.87. The molecule has 0 spiro atoms. The number of hydrogen-bond donors (Lipinski definition) is 1. The minimum absolute atomic E-state index is 0.113. The number of rotatable bonds is 6. The number of benzene rings is 2. The molecule has 0 aliphatic rings. The van der Waals surface area contributed by atoms with Crippen molar-refractivity contribution in [3.05, 3.63) is 70.6 Å². The van der Waals surface area contributed by atoms with E-state index >= 15 is 0 Å². The zero-order chi connectivity index (χ0) is 18.5. The van der Waals surface area contributed by atoms with Crippen LogP contribution in [0.25, 0.3) is 10.1 Å². The molecule has 3 rings (SSSR count). The second kappa shape index (κ2) is 7.93. The third-order valence-corrected chi connectivity index (χ3v) is 4.87. The molecule has 1 aromatic heterocycles. The van der Waals surface area contributed by atoms with E-state index in [0.29, 0.717) is 17.0 Å². The molecular formula is C20H17NO4S. The smallest absolute Gasteiger partial charge is 0.348 e. The first kappa shape index (κ1) is 17.8. The summed E-state index contributed by atoms with van der Waals surface area (Å²) in [7, 11) is 0. The Morgan fingerprint density at radius 2 is 1.77 bits per heavy atom. The Labute approximate surface area is 154 Å². The van der Waals surface area contributed by atoms with E-state index in [1.807, 2.05) is 24.3 Å². The van der Waals surface area contributed by atoms with Gasteiger partial charge >= 0.3 is 5.97 Å². The first-order chi connectivity index (χ1) is 12.5. The number of fused-ring (bicyclic) bond motifs is 1. The molecule has 0 bridgehead atoms. The Bertz CT molecular complexity index is 926. The maximum atomic E-state index is 12.2. The Morgan fingerprint density at radius 1 is 1.04 bits per heavy atom. The zero-order valence-electron chi connectivity index (χ0n) is 14.2. The van der Waals surface area contributed by atoms with Crippen molar-refractivity contribution in [2.75, 3.05) is 6.61 Å². The molecule has 26 heavy (non-hydrogen) atoms. The quantitative estimate of drug-likeness (QED) is 0.534. The van der Waals surface area contributed by atoms with Crippen LogP contribution in [-0.2, 0) is 16.1 Å². The highest BCUT2D eigenvalue weighted by molar-refractivity contribution is 7.20. The lowest BCUT2D eigenvalue weighted by Crippen LogP contribution is -2.19. The molecular weight excluding hydrogens is 350 g/mol. The van der Waals surface area contributed by atoms with Gasteiger partial charge in [-0.15, -0.1) is 11.3 Å². The number of carbonyl (C=O) groups is 3. The molecule has 1 amide bonds. The van der Waals surface area contributed by atoms with E-state index in [2.05, 4.69) is 5.32 Å². The predicted octanol–water partition coefficient (Wildman–Crippen LogP) is 3.58. The molecule has 132 valence electrons. The van der Waals surface area contributed by atoms with Crippen LogP contribution in [0.2, 0.25) is 0 Å². The molecule has 0 fully saturated rings. The van der Waals surface area contributed by atoms with Crippen LogP contribution in [0.1, 0.15) is 32.5 Å². The number of thiophene rings is 1. The topological polar surface area (TPSA) is 72.5 Å². The molecule has 1 heterocycles. The highest BCUT2D eigenvalue weighted by atomic mass is 32.1. The van der Waals surface area contributed by atoms with Gasteiger partial charge < -0.3 is 10.1 Å². The van der Waals surface area contributed by atoms with Gasteiger partial charge in [-0.25, -0.2) is 4.79 Å². The van der Waals surface area contributed by atoms with Crippen LogP contribution in [0.15, 0.2) is 54.6 Å². The SMILES string of the molecule is CC(=O)NCc1ccc(C(=O)COC(=O)c2cc3ccccc3s2)cc1. The normalized spacial score (nSPS) is 10.5. The minimum atomic E-state index is -0.498. The third kappa shape index (κ3) is 4.34. The largest absolute Gasteiger partial charge is 0.453 e. The van der Waals surface area contributed by atoms with Crippen molar-refractivity contribution >= 4 is 39.1 Å². The van der Waals surface area contributed by atoms with E-state index in [1.54, 1.807) is 30.3 Å². The van der Waals surface area contributed by atoms with Crippen LogP contribution in [0.4, 0.5) is 0 Å². The summed E-state index contributed by atoms with van der Waals surface area (Å²) < 4.78 is 6.15. The van der Waals surface area contributed by atoms with Crippen LogP contribution in [0.3, 0.4) is 0 Å². The molecule has 0 radical (unpaired) electrons. The van der Waals surface area contributed by atoms with Crippen LogP contribution in [0.5, 0.6) is 0 Å². The van der Waals surface area contributed by atoms with Gasteiger partial charge in [-0.2, -0.15) is 0 Å². The number of ketones is 1. The molecule has 0 saturated carbocycles. The fraction of sp³-hybridized carbons (Fsp3) is 0.150. The fourth-order valence-corrected chi connectivity index (χ4v) is 3.36. The van der Waals surface area contributed by atoms with Gasteiger partial charge in [-0.1, -0.05) is 42.5 Å². The van der Waals surface area contributed by atoms with E-state index in [-0.39, 0.29) is 18.3 Å². The maximum absolute atomic E-state index is 12.2. The Hall–Kier alpha value is -2.99. The average molecular weight is 367 g/mol. The molecule has 0 atom stereocenters. The van der Waals surface area contributed by atoms with Crippen LogP contribution in [0, 0.1) is 0 Å². The number of carbonyl (C=O) groups excluding carboxylic acids is 3. The van der Waals surface area contributed by atoms with E-state index in [1.165, 1.54) is 18.3 Å². The first-order valence-electron chi connectivity index (χ1n) is 8.05. The molecule has 0 aliphatic heterocycles. The van der Waals surface area contributed by atoms with Crippen LogP contribution in [-0.4, -0.2) is 24.3 Å². The van der Waals surface area contributed by atoms with E-state index in [4.69, 9.17) is 4.74 Å². The average Bonchev–Trinajstić information content (AvgIpc) is 3.09. The van der Waals surface area contributed by atoms with E-state index in [9.17, 15) is 14.4 Å². The lowest BCUT2D eigenvalue weighted by atomic mass is 10.1. The Balaban J connectivity index is 1.57. The number of ether oxygens (including phenoxy) is 1. The third-order valence-electron chi connectivity index (χ3n) is 3.78. The number of esters is 1. The second-order valence-electron chi connectivity index (χ2n) is 5.75. The summed E-state index contributed by atoms with van der Waals surface area (Å²) in [5, 5.41) is 3.66. The number of hydrogen-bond acceptors (Lipinski definition) is 5. The van der Waals surface area contributed by atoms with Crippen molar-refractivity contribution in [1.29, 1.82) is 0 Å². The zero-order valence-corrected chi connectivity index (χ0v) is 15.0. The van der Waals surface area contributed by atoms with Gasteiger partial charge in [0.2, 0.25) is 5.91 Å². The van der Waals surface area contributed by atoms with Gasteiger partial charge in [0.25, 0.3) is 0 Å². The maximum Gasteiger partial charge on any atom is 0.348 e. The van der Waals surface area contributed by atoms with Crippen molar-refractivity contribution in [3.8, 4) is 0 Å². The fourth-order valence-electron chi connectivity index (χ4n) is 2.40. The molecule has 0 saturated heterocycles. The highest BCUT2D eigenvalue weighted by Crippen LogP contribution is 2.25. The van der Waals surface area contributed by atoms with Gasteiger partial charge in [-0.3, -0.25) is 9.59 Å². The van der Waals surface area contributed by atoms with E-state index < -0.39 is 5.97 Å². The highest BCUT2D eigenvalue weighted by Gasteiger charge is 2.14. The number of nitrogens with one attached hydrogen (secondary N) is 1. The lowest BCUT2D eigenvalue weighted by molar-refractivity contribution is -0.119.